The Morgan fingerprint density at radius 2 is 1.83 bits per heavy atom. The van der Waals surface area contributed by atoms with Gasteiger partial charge in [0.15, 0.2) is 0 Å². The molecule has 1 amide bonds. The number of carbonyl (C=O) groups excluding carboxylic acids is 1. The summed E-state index contributed by atoms with van der Waals surface area (Å²) in [6, 6.07) is 3.07. The molecule has 2 aromatic rings. The number of rotatable bonds is 2. The molecule has 0 spiro atoms. The summed E-state index contributed by atoms with van der Waals surface area (Å²) in [5, 5.41) is 0. The Balaban J connectivity index is 1.71. The molecule has 3 heterocycles. The number of aromatic nitrogens is 3. The number of hydrogen-bond donors (Lipinski definition) is 1. The highest BCUT2D eigenvalue weighted by Crippen LogP contribution is 2.18. The molecule has 0 saturated carbocycles. The van der Waals surface area contributed by atoms with Gasteiger partial charge in [0.1, 0.15) is 5.82 Å². The number of anilines is 1. The maximum atomic E-state index is 12.6. The van der Waals surface area contributed by atoms with Crippen molar-refractivity contribution in [1.29, 1.82) is 0 Å². The van der Waals surface area contributed by atoms with Crippen LogP contribution in [0, 0.1) is 20.8 Å². The molecule has 0 bridgehead atoms. The van der Waals surface area contributed by atoms with Gasteiger partial charge in [-0.2, -0.15) is 0 Å². The normalized spacial score (nSPS) is 14.8. The molecule has 7 heteroatoms. The van der Waals surface area contributed by atoms with E-state index in [1.807, 2.05) is 13.8 Å². The fourth-order valence-electron chi connectivity index (χ4n) is 2.93. The molecule has 0 radical (unpaired) electrons. The summed E-state index contributed by atoms with van der Waals surface area (Å²) in [7, 11) is 0. The minimum Gasteiger partial charge on any atom is -0.352 e. The molecule has 0 aromatic carbocycles. The first-order chi connectivity index (χ1) is 11.4. The first kappa shape index (κ1) is 16.2. The largest absolute Gasteiger partial charge is 0.352 e. The fourth-order valence-corrected chi connectivity index (χ4v) is 2.93. The zero-order valence-electron chi connectivity index (χ0n) is 14.2. The van der Waals surface area contributed by atoms with E-state index < -0.39 is 0 Å². The van der Waals surface area contributed by atoms with Gasteiger partial charge in [-0.15, -0.1) is 0 Å². The van der Waals surface area contributed by atoms with Gasteiger partial charge in [-0.3, -0.25) is 14.6 Å². The van der Waals surface area contributed by atoms with Gasteiger partial charge in [-0.05, 0) is 26.8 Å². The first-order valence-corrected chi connectivity index (χ1v) is 7.99. The quantitative estimate of drug-likeness (QED) is 0.891. The number of carbonyl (C=O) groups is 1. The number of pyridine rings is 1. The summed E-state index contributed by atoms with van der Waals surface area (Å²) >= 11 is 0. The van der Waals surface area contributed by atoms with Gasteiger partial charge in [-0.25, -0.2) is 4.98 Å². The summed E-state index contributed by atoms with van der Waals surface area (Å²) in [4.78, 5) is 39.7. The Hall–Kier alpha value is -2.70. The monoisotopic (exact) mass is 327 g/mol. The van der Waals surface area contributed by atoms with Crippen molar-refractivity contribution in [2.24, 2.45) is 0 Å². The van der Waals surface area contributed by atoms with Gasteiger partial charge < -0.3 is 14.8 Å². The predicted octanol–water partition coefficient (Wildman–Crippen LogP) is 1.05. The van der Waals surface area contributed by atoms with Crippen LogP contribution in [-0.2, 0) is 0 Å². The van der Waals surface area contributed by atoms with Crippen LogP contribution >= 0.6 is 0 Å². The van der Waals surface area contributed by atoms with Crippen molar-refractivity contribution in [3.8, 4) is 0 Å². The predicted molar refractivity (Wildman–Crippen MR) is 91.4 cm³/mol. The summed E-state index contributed by atoms with van der Waals surface area (Å²) < 4.78 is 0. The molecule has 1 aliphatic heterocycles. The van der Waals surface area contributed by atoms with E-state index in [1.165, 1.54) is 6.07 Å². The highest BCUT2D eigenvalue weighted by molar-refractivity contribution is 5.94. The van der Waals surface area contributed by atoms with E-state index in [1.54, 1.807) is 24.1 Å². The molecule has 3 rings (SSSR count). The highest BCUT2D eigenvalue weighted by atomic mass is 16.2. The van der Waals surface area contributed by atoms with Crippen molar-refractivity contribution in [3.05, 3.63) is 51.3 Å². The van der Waals surface area contributed by atoms with Gasteiger partial charge in [0.05, 0.1) is 11.4 Å². The van der Waals surface area contributed by atoms with Crippen molar-refractivity contribution < 1.29 is 4.79 Å². The number of amides is 1. The zero-order chi connectivity index (χ0) is 17.3. The van der Waals surface area contributed by atoms with Crippen LogP contribution < -0.4 is 10.5 Å². The third-order valence-electron chi connectivity index (χ3n) is 4.14. The molecule has 0 aliphatic carbocycles. The Kier molecular flexibility index (Phi) is 4.33. The number of aromatic amines is 1. The van der Waals surface area contributed by atoms with E-state index in [4.69, 9.17) is 0 Å². The minimum atomic E-state index is -0.248. The number of H-pyrrole nitrogens is 1. The lowest BCUT2D eigenvalue weighted by Gasteiger charge is -2.36. The average Bonchev–Trinajstić information content (AvgIpc) is 2.56. The van der Waals surface area contributed by atoms with Crippen LogP contribution in [0.25, 0.3) is 0 Å². The average molecular weight is 327 g/mol. The van der Waals surface area contributed by atoms with Crippen LogP contribution in [0.15, 0.2) is 23.1 Å². The summed E-state index contributed by atoms with van der Waals surface area (Å²) in [6.07, 6.45) is 1.76. The third kappa shape index (κ3) is 3.29. The second-order valence-corrected chi connectivity index (χ2v) is 6.12. The number of nitrogens with zero attached hydrogens (tertiary/aromatic N) is 4. The number of hydrogen-bond acceptors (Lipinski definition) is 5. The molecular formula is C17H21N5O2. The second-order valence-electron chi connectivity index (χ2n) is 6.12. The number of nitrogens with one attached hydrogen (secondary N) is 1. The molecule has 126 valence electrons. The van der Waals surface area contributed by atoms with E-state index in [2.05, 4.69) is 19.9 Å². The Morgan fingerprint density at radius 3 is 2.50 bits per heavy atom. The zero-order valence-corrected chi connectivity index (χ0v) is 14.2. The minimum absolute atomic E-state index is 0.101. The van der Waals surface area contributed by atoms with Crippen LogP contribution in [0.4, 0.5) is 5.82 Å². The first-order valence-electron chi connectivity index (χ1n) is 7.99. The molecular weight excluding hydrogens is 306 g/mol. The molecule has 1 aliphatic rings. The molecule has 2 aromatic heterocycles. The van der Waals surface area contributed by atoms with Crippen LogP contribution in [0.5, 0.6) is 0 Å². The molecule has 1 fully saturated rings. The maximum absolute atomic E-state index is 12.6. The van der Waals surface area contributed by atoms with Crippen molar-refractivity contribution in [1.82, 2.24) is 19.9 Å². The fraction of sp³-hybridized carbons (Fsp3) is 0.412. The van der Waals surface area contributed by atoms with Crippen LogP contribution in [0.3, 0.4) is 0 Å². The van der Waals surface area contributed by atoms with Gasteiger partial charge >= 0.3 is 0 Å². The van der Waals surface area contributed by atoms with Crippen molar-refractivity contribution in [3.63, 3.8) is 0 Å². The smallest absolute Gasteiger partial charge is 0.254 e. The molecule has 0 unspecified atom stereocenters. The molecule has 1 N–H and O–H groups in total. The topological polar surface area (TPSA) is 82.2 Å². The highest BCUT2D eigenvalue weighted by Gasteiger charge is 2.24. The number of aryl methyl sites for hydroxylation is 3. The lowest BCUT2D eigenvalue weighted by molar-refractivity contribution is 0.0746. The van der Waals surface area contributed by atoms with Crippen LogP contribution in [0.1, 0.15) is 27.4 Å². The Morgan fingerprint density at radius 1 is 1.12 bits per heavy atom. The summed E-state index contributed by atoms with van der Waals surface area (Å²) in [6.45, 7) is 8.23. The van der Waals surface area contributed by atoms with Gasteiger partial charge in [-0.1, -0.05) is 0 Å². The van der Waals surface area contributed by atoms with E-state index in [9.17, 15) is 9.59 Å². The van der Waals surface area contributed by atoms with Crippen LogP contribution in [-0.4, -0.2) is 51.9 Å². The second kappa shape index (κ2) is 6.43. The Bertz CT molecular complexity index is 822. The van der Waals surface area contributed by atoms with Gasteiger partial charge in [0.25, 0.3) is 5.91 Å². The molecule has 7 nitrogen and oxygen atoms in total. The van der Waals surface area contributed by atoms with Crippen molar-refractivity contribution >= 4 is 11.7 Å². The lowest BCUT2D eigenvalue weighted by Crippen LogP contribution is -2.49. The van der Waals surface area contributed by atoms with Gasteiger partial charge in [0.2, 0.25) is 5.56 Å². The summed E-state index contributed by atoms with van der Waals surface area (Å²) in [5.74, 6) is 0.782. The van der Waals surface area contributed by atoms with Crippen molar-refractivity contribution in [2.75, 3.05) is 31.1 Å². The summed E-state index contributed by atoms with van der Waals surface area (Å²) in [5.41, 5.74) is 2.66. The Labute approximate surface area is 140 Å². The molecule has 1 saturated heterocycles. The lowest BCUT2D eigenvalue weighted by atomic mass is 10.2. The molecule has 24 heavy (non-hydrogen) atoms. The van der Waals surface area contributed by atoms with E-state index in [0.29, 0.717) is 37.4 Å². The van der Waals surface area contributed by atoms with E-state index in [0.717, 1.165) is 17.2 Å². The third-order valence-corrected chi connectivity index (χ3v) is 4.14. The maximum Gasteiger partial charge on any atom is 0.254 e. The molecule has 0 atom stereocenters. The van der Waals surface area contributed by atoms with Crippen LogP contribution in [0.2, 0.25) is 0 Å². The SMILES string of the molecule is Cc1cnc(C)c(N2CCN(C(=O)c3cc(C)[nH]c(=O)c3)CC2)n1. The van der Waals surface area contributed by atoms with Crippen molar-refractivity contribution in [2.45, 2.75) is 20.8 Å². The van der Waals surface area contributed by atoms with E-state index >= 15 is 0 Å². The van der Waals surface area contributed by atoms with E-state index in [-0.39, 0.29) is 11.5 Å². The number of piperazine rings is 1. The van der Waals surface area contributed by atoms with Gasteiger partial charge in [0, 0.05) is 49.7 Å². The standard InChI is InChI=1S/C17H21N5O2/c1-11-8-14(9-15(23)19-11)17(24)22-6-4-21(5-7-22)16-13(3)18-10-12(2)20-16/h8-10H,4-7H2,1-3H3,(H,19,23).